The van der Waals surface area contributed by atoms with Gasteiger partial charge in [0.1, 0.15) is 17.5 Å². The highest BCUT2D eigenvalue weighted by Gasteiger charge is 2.43. The summed E-state index contributed by atoms with van der Waals surface area (Å²) in [7, 11) is -4.19. The van der Waals surface area contributed by atoms with Gasteiger partial charge in [-0.15, -0.1) is 0 Å². The molecule has 38 heavy (non-hydrogen) atoms. The summed E-state index contributed by atoms with van der Waals surface area (Å²) in [6, 6.07) is 21.9. The van der Waals surface area contributed by atoms with Crippen molar-refractivity contribution in [2.45, 2.75) is 44.2 Å². The Kier molecular flexibility index (Phi) is 8.26. The first-order chi connectivity index (χ1) is 18.2. The summed E-state index contributed by atoms with van der Waals surface area (Å²) in [4.78, 5) is 41.6. The zero-order chi connectivity index (χ0) is 27.3. The number of fused-ring (bicyclic) bond motifs is 1. The molecule has 1 heterocycles. The molecule has 0 aromatic heterocycles. The molecule has 3 aromatic carbocycles. The Morgan fingerprint density at radius 3 is 2.32 bits per heavy atom. The largest absolute Gasteiger partial charge is 0.354 e. The molecule has 0 spiro atoms. The molecule has 0 radical (unpaired) electrons. The third-order valence-corrected chi connectivity index (χ3v) is 8.23. The summed E-state index contributed by atoms with van der Waals surface area (Å²) in [6.45, 7) is 3.67. The third kappa shape index (κ3) is 5.78. The first-order valence-corrected chi connectivity index (χ1v) is 14.0. The molecule has 1 N–H and O–H groups in total. The van der Waals surface area contributed by atoms with Crippen molar-refractivity contribution < 1.29 is 22.8 Å². The fraction of sp³-hybridized carbons (Fsp3) is 0.276. The molecule has 1 aliphatic rings. The first kappa shape index (κ1) is 27.1. The van der Waals surface area contributed by atoms with E-state index in [-0.39, 0.29) is 29.3 Å². The van der Waals surface area contributed by atoms with Crippen molar-refractivity contribution in [1.82, 2.24) is 14.5 Å². The lowest BCUT2D eigenvalue weighted by Gasteiger charge is -2.32. The van der Waals surface area contributed by atoms with Crippen LogP contribution < -0.4 is 5.32 Å². The zero-order valence-corrected chi connectivity index (χ0v) is 22.3. The lowest BCUT2D eigenvalue weighted by Crippen LogP contribution is -2.53. The van der Waals surface area contributed by atoms with E-state index >= 15 is 0 Å². The van der Waals surface area contributed by atoms with E-state index in [1.54, 1.807) is 6.07 Å². The van der Waals surface area contributed by atoms with Crippen molar-refractivity contribution in [2.75, 3.05) is 13.1 Å². The van der Waals surface area contributed by atoms with E-state index in [1.165, 1.54) is 23.1 Å². The number of hydrogen-bond donors (Lipinski definition) is 1. The second-order valence-corrected chi connectivity index (χ2v) is 11.2. The Labute approximate surface area is 223 Å². The van der Waals surface area contributed by atoms with Crippen LogP contribution in [-0.2, 0) is 32.6 Å². The van der Waals surface area contributed by atoms with Gasteiger partial charge in [0, 0.05) is 19.5 Å². The number of hydrogen-bond acceptors (Lipinski definition) is 5. The van der Waals surface area contributed by atoms with Crippen molar-refractivity contribution in [3.05, 3.63) is 101 Å². The minimum absolute atomic E-state index is 0.0343. The van der Waals surface area contributed by atoms with Crippen LogP contribution in [0.3, 0.4) is 0 Å². The van der Waals surface area contributed by atoms with Gasteiger partial charge in [0.2, 0.25) is 11.8 Å². The lowest BCUT2D eigenvalue weighted by molar-refractivity contribution is -0.141. The number of nitrogens with zero attached hydrogens (tertiary/aromatic N) is 2. The predicted octanol–water partition coefficient (Wildman–Crippen LogP) is 3.31. The van der Waals surface area contributed by atoms with Gasteiger partial charge in [-0.3, -0.25) is 14.4 Å². The van der Waals surface area contributed by atoms with E-state index in [2.05, 4.69) is 5.32 Å². The molecule has 3 amide bonds. The van der Waals surface area contributed by atoms with Crippen molar-refractivity contribution >= 4 is 27.7 Å². The van der Waals surface area contributed by atoms with Crippen LogP contribution in [0.4, 0.5) is 0 Å². The molecule has 8 nitrogen and oxygen atoms in total. The molecule has 0 aliphatic carbocycles. The van der Waals surface area contributed by atoms with Crippen LogP contribution in [0.1, 0.15) is 40.4 Å². The quantitative estimate of drug-likeness (QED) is 0.431. The molecule has 4 rings (SSSR count). The fourth-order valence-electron chi connectivity index (χ4n) is 4.53. The Bertz CT molecular complexity index is 1440. The summed E-state index contributed by atoms with van der Waals surface area (Å²) < 4.78 is 26.9. The highest BCUT2D eigenvalue weighted by atomic mass is 32.2. The second-order valence-electron chi connectivity index (χ2n) is 9.32. The summed E-state index contributed by atoms with van der Waals surface area (Å²) >= 11 is 0. The number of amides is 3. The molecule has 1 aliphatic heterocycles. The highest BCUT2D eigenvalue weighted by molar-refractivity contribution is 7.90. The zero-order valence-electron chi connectivity index (χ0n) is 21.5. The molecule has 198 valence electrons. The molecule has 0 fully saturated rings. The normalized spacial score (nSPS) is 14.6. The van der Waals surface area contributed by atoms with Gasteiger partial charge >= 0.3 is 0 Å². The maximum atomic E-state index is 13.9. The SMILES string of the molecule is CCCNC(=O)[C@@H](Cc1ccccc1)N(Cc1cccc(C)c1)C(=O)CN1C(=O)c2ccccc2S1(=O)=O. The van der Waals surface area contributed by atoms with Gasteiger partial charge in [-0.25, -0.2) is 12.7 Å². The summed E-state index contributed by atoms with van der Waals surface area (Å²) in [5.74, 6) is -1.72. The van der Waals surface area contributed by atoms with E-state index in [1.807, 2.05) is 68.4 Å². The van der Waals surface area contributed by atoms with Gasteiger partial charge in [0.05, 0.1) is 5.56 Å². The van der Waals surface area contributed by atoms with Crippen molar-refractivity contribution in [2.24, 2.45) is 0 Å². The van der Waals surface area contributed by atoms with Gasteiger partial charge in [-0.1, -0.05) is 79.2 Å². The van der Waals surface area contributed by atoms with Crippen LogP contribution in [0.15, 0.2) is 83.8 Å². The molecule has 0 unspecified atom stereocenters. The molecule has 3 aromatic rings. The van der Waals surface area contributed by atoms with Gasteiger partial charge in [0.25, 0.3) is 15.9 Å². The average molecular weight is 534 g/mol. The fourth-order valence-corrected chi connectivity index (χ4v) is 6.05. The van der Waals surface area contributed by atoms with Crippen LogP contribution in [-0.4, -0.2) is 54.5 Å². The van der Waals surface area contributed by atoms with Crippen LogP contribution >= 0.6 is 0 Å². The smallest absolute Gasteiger partial charge is 0.269 e. The summed E-state index contributed by atoms with van der Waals surface area (Å²) in [5, 5.41) is 2.89. The number of rotatable bonds is 10. The van der Waals surface area contributed by atoms with Crippen molar-refractivity contribution in [3.8, 4) is 0 Å². The molecule has 0 saturated carbocycles. The minimum Gasteiger partial charge on any atom is -0.354 e. The number of aryl methyl sites for hydroxylation is 1. The lowest BCUT2D eigenvalue weighted by atomic mass is 10.0. The first-order valence-electron chi connectivity index (χ1n) is 12.5. The van der Waals surface area contributed by atoms with Crippen molar-refractivity contribution in [3.63, 3.8) is 0 Å². The number of benzene rings is 3. The second kappa shape index (κ2) is 11.6. The Balaban J connectivity index is 1.70. The topological polar surface area (TPSA) is 104 Å². The van der Waals surface area contributed by atoms with Crippen LogP contribution in [0.5, 0.6) is 0 Å². The van der Waals surface area contributed by atoms with E-state index < -0.39 is 34.4 Å². The summed E-state index contributed by atoms with van der Waals surface area (Å²) in [6.07, 6.45) is 0.948. The van der Waals surface area contributed by atoms with E-state index in [0.29, 0.717) is 17.3 Å². The van der Waals surface area contributed by atoms with Crippen LogP contribution in [0, 0.1) is 6.92 Å². The van der Waals surface area contributed by atoms with Gasteiger partial charge in [0.15, 0.2) is 0 Å². The molecule has 1 atom stereocenters. The number of carbonyl (C=O) groups excluding carboxylic acids is 3. The molecule has 9 heteroatoms. The molecule has 0 saturated heterocycles. The third-order valence-electron chi connectivity index (χ3n) is 6.45. The number of nitrogens with one attached hydrogen (secondary N) is 1. The van der Waals surface area contributed by atoms with Gasteiger partial charge < -0.3 is 10.2 Å². The highest BCUT2D eigenvalue weighted by Crippen LogP contribution is 2.30. The molecular formula is C29H31N3O5S. The number of sulfonamides is 1. The van der Waals surface area contributed by atoms with Crippen LogP contribution in [0.25, 0.3) is 0 Å². The van der Waals surface area contributed by atoms with Gasteiger partial charge in [-0.05, 0) is 36.6 Å². The van der Waals surface area contributed by atoms with Crippen molar-refractivity contribution in [1.29, 1.82) is 0 Å². The predicted molar refractivity (Wildman–Crippen MR) is 144 cm³/mol. The van der Waals surface area contributed by atoms with E-state index in [0.717, 1.165) is 16.7 Å². The Hall–Kier alpha value is -3.98. The monoisotopic (exact) mass is 533 g/mol. The van der Waals surface area contributed by atoms with Gasteiger partial charge in [-0.2, -0.15) is 0 Å². The minimum atomic E-state index is -4.19. The molecule has 0 bridgehead atoms. The average Bonchev–Trinajstić information content (AvgIpc) is 3.10. The van der Waals surface area contributed by atoms with E-state index in [4.69, 9.17) is 0 Å². The Morgan fingerprint density at radius 2 is 1.63 bits per heavy atom. The molecular weight excluding hydrogens is 502 g/mol. The summed E-state index contributed by atoms with van der Waals surface area (Å²) in [5.41, 5.74) is 2.66. The van der Waals surface area contributed by atoms with Crippen LogP contribution in [0.2, 0.25) is 0 Å². The maximum absolute atomic E-state index is 13.9. The maximum Gasteiger partial charge on any atom is 0.269 e. The standard InChI is InChI=1S/C29H31N3O5S/c1-3-16-30-28(34)25(18-22-11-5-4-6-12-22)31(19-23-13-9-10-21(2)17-23)27(33)20-32-29(35)24-14-7-8-15-26(24)38(32,36)37/h4-15,17,25H,3,16,18-20H2,1-2H3,(H,30,34)/t25-/m1/s1. The number of carbonyl (C=O) groups is 3. The van der Waals surface area contributed by atoms with E-state index in [9.17, 15) is 22.8 Å². The Morgan fingerprint density at radius 1 is 0.947 bits per heavy atom.